The molecule has 14 rings (SSSR count). The van der Waals surface area contributed by atoms with Gasteiger partial charge in [-0.15, -0.1) is 0 Å². The number of rotatable bonds is 7. The average Bonchev–Trinajstić information content (AvgIpc) is 4.06. The lowest BCUT2D eigenvalue weighted by atomic mass is 10.1. The van der Waals surface area contributed by atoms with Crippen molar-refractivity contribution in [3.05, 3.63) is 255 Å². The first-order chi connectivity index (χ1) is 34.3. The quantitative estimate of drug-likeness (QED) is 0.0912. The van der Waals surface area contributed by atoms with Crippen LogP contribution in [-0.2, 0) is 0 Å². The highest BCUT2D eigenvalue weighted by molar-refractivity contribution is 7.24. The van der Waals surface area contributed by atoms with Gasteiger partial charge < -0.3 is 4.74 Å². The summed E-state index contributed by atoms with van der Waals surface area (Å²) in [5, 5.41) is 15.8. The molecule has 13 aromatic rings. The molecule has 0 saturated heterocycles. The van der Waals surface area contributed by atoms with Crippen molar-refractivity contribution in [1.29, 1.82) is 0 Å². The van der Waals surface area contributed by atoms with Crippen LogP contribution in [0.1, 0.15) is 0 Å². The fourth-order valence-electron chi connectivity index (χ4n) is 12.0. The Bertz CT molecular complexity index is 4020. The van der Waals surface area contributed by atoms with Crippen LogP contribution in [0.5, 0.6) is 11.5 Å². The summed E-state index contributed by atoms with van der Waals surface area (Å²) >= 11 is 0. The Morgan fingerprint density at radius 1 is 0.435 bits per heavy atom. The van der Waals surface area contributed by atoms with E-state index < -0.39 is 16.1 Å². The molecule has 0 amide bonds. The molecule has 7 heteroatoms. The molecule has 9 aromatic carbocycles. The summed E-state index contributed by atoms with van der Waals surface area (Å²) in [6.45, 7) is 0. The zero-order valence-electron chi connectivity index (χ0n) is 37.4. The summed E-state index contributed by atoms with van der Waals surface area (Å²) in [4.78, 5) is 10.2. The average molecular weight is 915 g/mol. The van der Waals surface area contributed by atoms with Gasteiger partial charge in [-0.25, -0.2) is 9.97 Å². The Kier molecular flexibility index (Phi) is 8.86. The molecule has 0 fully saturated rings. The van der Waals surface area contributed by atoms with Gasteiger partial charge in [-0.05, 0) is 78.1 Å². The van der Waals surface area contributed by atoms with Crippen molar-refractivity contribution in [2.24, 2.45) is 0 Å². The lowest BCUT2D eigenvalue weighted by Crippen LogP contribution is -2.79. The largest absolute Gasteiger partial charge is 0.458 e. The summed E-state index contributed by atoms with van der Waals surface area (Å²) in [5.74, 6) is 2.70. The number of nitrogens with zero attached hydrogens (tertiary/aromatic N) is 4. The van der Waals surface area contributed by atoms with Crippen molar-refractivity contribution in [3.8, 4) is 17.3 Å². The molecular formula is C62H42N4OSi2. The second-order valence-electron chi connectivity index (χ2n) is 18.0. The van der Waals surface area contributed by atoms with Crippen LogP contribution in [0.4, 0.5) is 0 Å². The Morgan fingerprint density at radius 3 is 1.74 bits per heavy atom. The van der Waals surface area contributed by atoms with Gasteiger partial charge >= 0.3 is 0 Å². The number of hydrogen-bond acceptors (Lipinski definition) is 3. The second kappa shape index (κ2) is 15.5. The van der Waals surface area contributed by atoms with Gasteiger partial charge in [0, 0.05) is 45.3 Å². The number of hydrogen-bond donors (Lipinski definition) is 0. The maximum Gasteiger partial charge on any atom is 0.189 e. The van der Waals surface area contributed by atoms with E-state index in [0.29, 0.717) is 0 Å². The molecule has 0 bridgehead atoms. The molecule has 0 atom stereocenters. The summed E-state index contributed by atoms with van der Waals surface area (Å²) in [6.07, 6.45) is 5.92. The highest BCUT2D eigenvalue weighted by Gasteiger charge is 2.53. The number of imidazole rings is 1. The number of fused-ring (bicyclic) bond motifs is 12. The van der Waals surface area contributed by atoms with Crippen molar-refractivity contribution in [1.82, 2.24) is 18.9 Å². The molecule has 4 aromatic heterocycles. The molecule has 324 valence electrons. The maximum atomic E-state index is 7.88. The smallest absolute Gasteiger partial charge is 0.189 e. The fraction of sp³-hybridized carbons (Fsp3) is 0. The Balaban J connectivity index is 1.26. The van der Waals surface area contributed by atoms with Crippen molar-refractivity contribution in [3.63, 3.8) is 0 Å². The third-order valence-electron chi connectivity index (χ3n) is 14.7. The molecule has 1 aliphatic rings. The minimum Gasteiger partial charge on any atom is -0.458 e. The predicted molar refractivity (Wildman–Crippen MR) is 290 cm³/mol. The molecular weight excluding hydrogens is 873 g/mol. The summed E-state index contributed by atoms with van der Waals surface area (Å²) < 4.78 is 12.5. The van der Waals surface area contributed by atoms with Gasteiger partial charge in [-0.1, -0.05) is 200 Å². The Labute approximate surface area is 400 Å². The highest BCUT2D eigenvalue weighted by atomic mass is 28.3. The number of para-hydroxylation sites is 3. The van der Waals surface area contributed by atoms with E-state index in [4.69, 9.17) is 14.7 Å². The SMILES string of the molecule is c1ccc([Si](c2ccccc2)(c2ccc3c4ccccc4n4ccnc4c3c2)c2cc3c(c4c2Oc2ccccc2[Si]4(c2ccccc2)c2ccccc2)c2ccccc2n3-c2ccccn2)cc1. The fourth-order valence-corrected chi connectivity index (χ4v) is 22.2. The first kappa shape index (κ1) is 39.5. The number of aromatic nitrogens is 4. The third-order valence-corrected chi connectivity index (χ3v) is 24.3. The molecule has 0 aliphatic carbocycles. The predicted octanol–water partition coefficient (Wildman–Crippen LogP) is 8.99. The zero-order valence-corrected chi connectivity index (χ0v) is 39.4. The highest BCUT2D eigenvalue weighted by Crippen LogP contribution is 2.39. The Morgan fingerprint density at radius 2 is 1.04 bits per heavy atom. The lowest BCUT2D eigenvalue weighted by molar-refractivity contribution is 0.491. The van der Waals surface area contributed by atoms with E-state index in [-0.39, 0.29) is 0 Å². The molecule has 0 saturated carbocycles. The molecule has 1 aliphatic heterocycles. The van der Waals surface area contributed by atoms with Crippen molar-refractivity contribution >= 4 is 107 Å². The van der Waals surface area contributed by atoms with E-state index in [1.54, 1.807) is 0 Å². The van der Waals surface area contributed by atoms with Crippen LogP contribution in [0.25, 0.3) is 54.9 Å². The molecule has 0 unspecified atom stereocenters. The van der Waals surface area contributed by atoms with Crippen molar-refractivity contribution in [2.45, 2.75) is 0 Å². The van der Waals surface area contributed by atoms with Crippen LogP contribution in [0, 0.1) is 0 Å². The van der Waals surface area contributed by atoms with E-state index in [1.165, 1.54) is 63.0 Å². The van der Waals surface area contributed by atoms with Gasteiger partial charge in [0.15, 0.2) is 16.1 Å². The standard InChI is InChI=1S/C62H42N4OSi2/c1-5-21-43(22-6-1)68(44-23-7-2-8-24-44,47-36-37-48-49-29-13-15-31-52(49)65-40-39-64-62(65)51(48)41-47)57-42-54-59(50-30-14-16-32-53(50)66(54)58-35-19-20-38-63-58)61-60(57)67-55-33-17-18-34-56(55)69(61,45-25-9-3-10-26-45)46-27-11-4-12-28-46/h1-42H. The molecule has 0 N–H and O–H groups in total. The first-order valence-corrected chi connectivity index (χ1v) is 27.6. The number of ether oxygens (including phenoxy) is 1. The van der Waals surface area contributed by atoms with Gasteiger partial charge in [0.2, 0.25) is 0 Å². The monoisotopic (exact) mass is 914 g/mol. The number of pyridine rings is 2. The van der Waals surface area contributed by atoms with E-state index in [2.05, 4.69) is 246 Å². The minimum atomic E-state index is -3.48. The van der Waals surface area contributed by atoms with Crippen LogP contribution < -0.4 is 46.2 Å². The third kappa shape index (κ3) is 5.57. The van der Waals surface area contributed by atoms with E-state index in [9.17, 15) is 0 Å². The van der Waals surface area contributed by atoms with E-state index in [1.807, 2.05) is 18.5 Å². The van der Waals surface area contributed by atoms with E-state index in [0.717, 1.165) is 44.9 Å². The van der Waals surface area contributed by atoms with Crippen LogP contribution in [-0.4, -0.2) is 35.1 Å². The lowest BCUT2D eigenvalue weighted by Gasteiger charge is -2.43. The van der Waals surface area contributed by atoms with Gasteiger partial charge in [0.05, 0.1) is 16.6 Å². The molecule has 0 spiro atoms. The van der Waals surface area contributed by atoms with E-state index >= 15 is 0 Å². The molecule has 0 radical (unpaired) electrons. The van der Waals surface area contributed by atoms with Crippen molar-refractivity contribution < 1.29 is 4.74 Å². The van der Waals surface area contributed by atoms with Gasteiger partial charge in [0.25, 0.3) is 0 Å². The van der Waals surface area contributed by atoms with Crippen LogP contribution >= 0.6 is 0 Å². The maximum absolute atomic E-state index is 7.88. The van der Waals surface area contributed by atoms with Crippen LogP contribution in [0.15, 0.2) is 255 Å². The summed E-state index contributed by atoms with van der Waals surface area (Å²) in [5.41, 5.74) is 4.27. The topological polar surface area (TPSA) is 44.4 Å². The second-order valence-corrected chi connectivity index (χ2v) is 25.5. The minimum absolute atomic E-state index is 0.865. The van der Waals surface area contributed by atoms with Crippen LogP contribution in [0.2, 0.25) is 0 Å². The van der Waals surface area contributed by atoms with Gasteiger partial charge in [-0.2, -0.15) is 0 Å². The Hall–Kier alpha value is -8.63. The summed E-state index contributed by atoms with van der Waals surface area (Å²) in [6, 6.07) is 87.5. The first-order valence-electron chi connectivity index (χ1n) is 23.6. The molecule has 5 heterocycles. The molecule has 5 nitrogen and oxygen atoms in total. The van der Waals surface area contributed by atoms with Gasteiger partial charge in [-0.3, -0.25) is 8.97 Å². The van der Waals surface area contributed by atoms with Gasteiger partial charge in [0.1, 0.15) is 23.0 Å². The molecule has 69 heavy (non-hydrogen) atoms. The zero-order chi connectivity index (χ0) is 45.5. The number of benzene rings is 9. The normalized spacial score (nSPS) is 13.2. The van der Waals surface area contributed by atoms with Crippen LogP contribution in [0.3, 0.4) is 0 Å². The van der Waals surface area contributed by atoms with Crippen molar-refractivity contribution in [2.75, 3.05) is 0 Å². The summed E-state index contributed by atoms with van der Waals surface area (Å²) in [7, 11) is -6.79.